The van der Waals surface area contributed by atoms with Crippen LogP contribution in [0.15, 0.2) is 0 Å². The number of unbranched alkanes of at least 4 members (excludes halogenated alkanes) is 17. The van der Waals surface area contributed by atoms with Gasteiger partial charge in [0.25, 0.3) is 0 Å². The maximum absolute atomic E-state index is 10.3. The van der Waals surface area contributed by atoms with Crippen molar-refractivity contribution in [1.82, 2.24) is 0 Å². The largest absolute Gasteiger partial charge is 0.397 e. The first-order chi connectivity index (χ1) is 14.0. The van der Waals surface area contributed by atoms with Crippen LogP contribution >= 0.6 is 0 Å². The van der Waals surface area contributed by atoms with E-state index in [9.17, 15) is 8.42 Å². The first kappa shape index (κ1) is 31.0. The molecule has 0 aromatic rings. The summed E-state index contributed by atoms with van der Waals surface area (Å²) < 4.78 is 33.4. The number of hydrogen-bond acceptors (Lipinski definition) is 5. The lowest BCUT2D eigenvalue weighted by molar-refractivity contribution is 0.261. The predicted molar refractivity (Wildman–Crippen MR) is 122 cm³/mol. The van der Waals surface area contributed by atoms with Crippen molar-refractivity contribution in [1.29, 1.82) is 0 Å². The fourth-order valence-corrected chi connectivity index (χ4v) is 3.50. The topological polar surface area (TPSA) is 110 Å². The SMILES string of the molecule is CCCCCCCCCCCCCCCCCCCCOS(=O)(=O)O.NCCO. The van der Waals surface area contributed by atoms with Gasteiger partial charge < -0.3 is 10.8 Å². The summed E-state index contributed by atoms with van der Waals surface area (Å²) in [4.78, 5) is 0. The Labute approximate surface area is 180 Å². The highest BCUT2D eigenvalue weighted by Gasteiger charge is 2.02. The van der Waals surface area contributed by atoms with Crippen molar-refractivity contribution in [2.24, 2.45) is 5.73 Å². The van der Waals surface area contributed by atoms with Crippen molar-refractivity contribution in [3.8, 4) is 0 Å². The highest BCUT2D eigenvalue weighted by atomic mass is 32.3. The molecule has 0 aliphatic heterocycles. The fraction of sp³-hybridized carbons (Fsp3) is 1.00. The Balaban J connectivity index is 0. The summed E-state index contributed by atoms with van der Waals surface area (Å²) in [5.41, 5.74) is 4.78. The van der Waals surface area contributed by atoms with E-state index in [2.05, 4.69) is 11.1 Å². The Morgan fingerprint density at radius 1 is 0.655 bits per heavy atom. The Kier molecular flexibility index (Phi) is 27.6. The summed E-state index contributed by atoms with van der Waals surface area (Å²) >= 11 is 0. The molecule has 6 nitrogen and oxygen atoms in total. The zero-order chi connectivity index (χ0) is 22.1. The van der Waals surface area contributed by atoms with E-state index in [-0.39, 0.29) is 13.2 Å². The molecule has 0 aliphatic rings. The maximum Gasteiger partial charge on any atom is 0.397 e. The van der Waals surface area contributed by atoms with Gasteiger partial charge >= 0.3 is 10.4 Å². The van der Waals surface area contributed by atoms with Crippen molar-refractivity contribution in [3.05, 3.63) is 0 Å². The summed E-state index contributed by atoms with van der Waals surface area (Å²) in [6.45, 7) is 2.84. The molecule has 0 atom stereocenters. The number of aliphatic hydroxyl groups excluding tert-OH is 1. The second-order valence-electron chi connectivity index (χ2n) is 7.77. The molecule has 0 saturated carbocycles. The van der Waals surface area contributed by atoms with Crippen molar-refractivity contribution >= 4 is 10.4 Å². The summed E-state index contributed by atoms with van der Waals surface area (Å²) in [7, 11) is -4.25. The molecule has 0 aromatic heterocycles. The van der Waals surface area contributed by atoms with Crippen LogP contribution in [0.3, 0.4) is 0 Å². The molecule has 178 valence electrons. The first-order valence-corrected chi connectivity index (χ1v) is 13.3. The van der Waals surface area contributed by atoms with E-state index in [1.807, 2.05) is 0 Å². The van der Waals surface area contributed by atoms with E-state index in [1.165, 1.54) is 96.3 Å². The molecule has 0 saturated heterocycles. The van der Waals surface area contributed by atoms with Crippen LogP contribution in [0.1, 0.15) is 122 Å². The minimum absolute atomic E-state index is 0.0948. The zero-order valence-corrected chi connectivity index (χ0v) is 19.8. The van der Waals surface area contributed by atoms with E-state index < -0.39 is 10.4 Å². The average Bonchev–Trinajstić information content (AvgIpc) is 2.69. The van der Waals surface area contributed by atoms with Crippen molar-refractivity contribution in [3.63, 3.8) is 0 Å². The molecular formula is C22H49NO5S. The van der Waals surface area contributed by atoms with E-state index in [1.54, 1.807) is 0 Å². The maximum atomic E-state index is 10.3. The lowest BCUT2D eigenvalue weighted by atomic mass is 10.0. The monoisotopic (exact) mass is 439 g/mol. The third-order valence-electron chi connectivity index (χ3n) is 4.86. The van der Waals surface area contributed by atoms with Crippen LogP contribution in [0.5, 0.6) is 0 Å². The van der Waals surface area contributed by atoms with Crippen molar-refractivity contribution in [2.45, 2.75) is 122 Å². The Bertz CT molecular complexity index is 389. The van der Waals surface area contributed by atoms with Crippen LogP contribution in [0.25, 0.3) is 0 Å². The Morgan fingerprint density at radius 2 is 0.931 bits per heavy atom. The molecule has 0 unspecified atom stereocenters. The molecule has 0 aromatic carbocycles. The van der Waals surface area contributed by atoms with Crippen LogP contribution < -0.4 is 5.73 Å². The van der Waals surface area contributed by atoms with E-state index in [4.69, 9.17) is 15.4 Å². The third-order valence-corrected chi connectivity index (χ3v) is 5.32. The molecule has 0 radical (unpaired) electrons. The van der Waals surface area contributed by atoms with Gasteiger partial charge in [0.05, 0.1) is 13.2 Å². The molecule has 0 amide bonds. The molecule has 0 heterocycles. The molecule has 0 bridgehead atoms. The van der Waals surface area contributed by atoms with Crippen LogP contribution in [-0.2, 0) is 14.6 Å². The van der Waals surface area contributed by atoms with E-state index in [0.29, 0.717) is 13.0 Å². The van der Waals surface area contributed by atoms with Gasteiger partial charge in [0.15, 0.2) is 0 Å². The number of rotatable bonds is 21. The van der Waals surface area contributed by atoms with Crippen LogP contribution in [-0.4, -0.2) is 37.8 Å². The molecule has 29 heavy (non-hydrogen) atoms. The minimum atomic E-state index is -4.25. The molecule has 0 rings (SSSR count). The van der Waals surface area contributed by atoms with Gasteiger partial charge in [-0.15, -0.1) is 0 Å². The Morgan fingerprint density at radius 3 is 1.17 bits per heavy atom. The lowest BCUT2D eigenvalue weighted by Gasteiger charge is -2.04. The second kappa shape index (κ2) is 25.8. The van der Waals surface area contributed by atoms with Gasteiger partial charge in [0, 0.05) is 6.54 Å². The molecule has 0 aliphatic carbocycles. The van der Waals surface area contributed by atoms with Crippen molar-refractivity contribution < 1.29 is 22.3 Å². The Hall–Kier alpha value is -0.210. The van der Waals surface area contributed by atoms with Gasteiger partial charge in [-0.1, -0.05) is 116 Å². The van der Waals surface area contributed by atoms with Gasteiger partial charge in [-0.05, 0) is 6.42 Å². The average molecular weight is 440 g/mol. The van der Waals surface area contributed by atoms with E-state index in [0.717, 1.165) is 12.8 Å². The highest BCUT2D eigenvalue weighted by molar-refractivity contribution is 7.80. The van der Waals surface area contributed by atoms with Gasteiger partial charge in [-0.2, -0.15) is 8.42 Å². The number of aliphatic hydroxyl groups is 1. The van der Waals surface area contributed by atoms with E-state index >= 15 is 0 Å². The molecule has 0 spiro atoms. The lowest BCUT2D eigenvalue weighted by Crippen LogP contribution is -2.04. The molecule has 7 heteroatoms. The van der Waals surface area contributed by atoms with Crippen LogP contribution in [0.4, 0.5) is 0 Å². The second-order valence-corrected chi connectivity index (χ2v) is 8.86. The normalized spacial score (nSPS) is 11.3. The molecule has 4 N–H and O–H groups in total. The van der Waals surface area contributed by atoms with Crippen LogP contribution in [0, 0.1) is 0 Å². The first-order valence-electron chi connectivity index (χ1n) is 11.9. The standard InChI is InChI=1S/C20H42O4S.C2H7NO/c1-2-3-4-5-6-7-8-9-10-11-12-13-14-15-16-17-18-19-20-24-25(21,22)23;3-1-2-4/h2-20H2,1H3,(H,21,22,23);4H,1-3H2. The van der Waals surface area contributed by atoms with Gasteiger partial charge in [0.1, 0.15) is 0 Å². The molecule has 0 fully saturated rings. The van der Waals surface area contributed by atoms with Crippen LogP contribution in [0.2, 0.25) is 0 Å². The zero-order valence-electron chi connectivity index (χ0n) is 19.0. The summed E-state index contributed by atoms with van der Waals surface area (Å²) in [5.74, 6) is 0. The summed E-state index contributed by atoms with van der Waals surface area (Å²) in [5, 5.41) is 7.75. The van der Waals surface area contributed by atoms with Crippen molar-refractivity contribution in [2.75, 3.05) is 19.8 Å². The molecular weight excluding hydrogens is 390 g/mol. The van der Waals surface area contributed by atoms with Gasteiger partial charge in [-0.3, -0.25) is 4.55 Å². The quantitative estimate of drug-likeness (QED) is 0.154. The smallest absolute Gasteiger partial charge is 0.395 e. The highest BCUT2D eigenvalue weighted by Crippen LogP contribution is 2.14. The summed E-state index contributed by atoms with van der Waals surface area (Å²) in [6, 6.07) is 0. The third kappa shape index (κ3) is 35.6. The summed E-state index contributed by atoms with van der Waals surface area (Å²) in [6.07, 6.45) is 23.4. The van der Waals surface area contributed by atoms with Gasteiger partial charge in [-0.25, -0.2) is 4.18 Å². The number of hydrogen-bond donors (Lipinski definition) is 3. The van der Waals surface area contributed by atoms with Gasteiger partial charge in [0.2, 0.25) is 0 Å². The minimum Gasteiger partial charge on any atom is -0.395 e. The number of nitrogens with two attached hydrogens (primary N) is 1. The predicted octanol–water partition coefficient (Wildman–Crippen LogP) is 5.78. The fourth-order valence-electron chi connectivity index (χ4n) is 3.17.